The summed E-state index contributed by atoms with van der Waals surface area (Å²) in [4.78, 5) is 22.3. The molecule has 0 unspecified atom stereocenters. The van der Waals surface area contributed by atoms with Crippen molar-refractivity contribution in [2.75, 3.05) is 0 Å². The number of aromatic nitrogens is 2. The lowest BCUT2D eigenvalue weighted by Crippen LogP contribution is -2.15. The van der Waals surface area contributed by atoms with Crippen LogP contribution in [-0.4, -0.2) is 20.7 Å². The van der Waals surface area contributed by atoms with E-state index < -0.39 is 10.9 Å². The Bertz CT molecular complexity index is 727. The van der Waals surface area contributed by atoms with Crippen LogP contribution in [0.25, 0.3) is 0 Å². The topological polar surface area (TPSA) is 87.3 Å². The molecule has 8 heteroatoms. The van der Waals surface area contributed by atoms with Crippen LogP contribution < -0.4 is 0 Å². The van der Waals surface area contributed by atoms with Crippen molar-refractivity contribution in [2.45, 2.75) is 27.0 Å². The molecule has 2 rings (SSSR count). The van der Waals surface area contributed by atoms with Crippen LogP contribution in [0.15, 0.2) is 28.7 Å². The number of carbonyl (C=O) groups excluding carboxylic acids is 1. The molecule has 0 saturated carbocycles. The highest BCUT2D eigenvalue weighted by Gasteiger charge is 2.23. The largest absolute Gasteiger partial charge is 0.459 e. The number of rotatable bonds is 5. The normalized spacial score (nSPS) is 10.5. The molecule has 0 fully saturated rings. The van der Waals surface area contributed by atoms with Gasteiger partial charge in [-0.25, -0.2) is 0 Å². The maximum Gasteiger partial charge on any atom is 0.328 e. The molecule has 1 aromatic heterocycles. The zero-order valence-corrected chi connectivity index (χ0v) is 13.7. The van der Waals surface area contributed by atoms with Gasteiger partial charge in [-0.3, -0.25) is 19.6 Å². The van der Waals surface area contributed by atoms with Crippen molar-refractivity contribution in [3.05, 3.63) is 55.8 Å². The van der Waals surface area contributed by atoms with Gasteiger partial charge in [-0.15, -0.1) is 0 Å². The number of aryl methyl sites for hydroxylation is 1. The summed E-state index contributed by atoms with van der Waals surface area (Å²) in [6.45, 7) is 3.07. The quantitative estimate of drug-likeness (QED) is 0.460. The van der Waals surface area contributed by atoms with E-state index in [1.807, 2.05) is 24.3 Å². The fourth-order valence-electron chi connectivity index (χ4n) is 2.06. The molecular formula is C14H14BrN3O4. The highest BCUT2D eigenvalue weighted by atomic mass is 79.9. The molecule has 1 heterocycles. The molecule has 0 atom stereocenters. The second-order valence-electron chi connectivity index (χ2n) is 4.72. The Labute approximate surface area is 135 Å². The van der Waals surface area contributed by atoms with E-state index in [-0.39, 0.29) is 24.5 Å². The van der Waals surface area contributed by atoms with Gasteiger partial charge in [0.15, 0.2) is 0 Å². The summed E-state index contributed by atoms with van der Waals surface area (Å²) in [5.41, 5.74) is 1.39. The molecular weight excluding hydrogens is 354 g/mol. The molecule has 22 heavy (non-hydrogen) atoms. The number of hydrogen-bond acceptors (Lipinski definition) is 5. The predicted octanol–water partition coefficient (Wildman–Crippen LogP) is 2.91. The van der Waals surface area contributed by atoms with Gasteiger partial charge in [-0.05, 0) is 31.5 Å². The van der Waals surface area contributed by atoms with Crippen molar-refractivity contribution >= 4 is 27.6 Å². The molecule has 0 aliphatic rings. The summed E-state index contributed by atoms with van der Waals surface area (Å²) in [7, 11) is 0. The molecule has 0 aliphatic heterocycles. The van der Waals surface area contributed by atoms with E-state index in [9.17, 15) is 14.9 Å². The summed E-state index contributed by atoms with van der Waals surface area (Å²) in [5.74, 6) is -0.500. The van der Waals surface area contributed by atoms with E-state index in [0.29, 0.717) is 5.69 Å². The summed E-state index contributed by atoms with van der Waals surface area (Å²) in [6, 6.07) is 7.41. The first kappa shape index (κ1) is 16.2. The predicted molar refractivity (Wildman–Crippen MR) is 82.3 cm³/mol. The van der Waals surface area contributed by atoms with Gasteiger partial charge in [0, 0.05) is 4.47 Å². The molecule has 0 amide bonds. The van der Waals surface area contributed by atoms with Crippen molar-refractivity contribution in [2.24, 2.45) is 0 Å². The van der Waals surface area contributed by atoms with Crippen LogP contribution in [0.1, 0.15) is 17.0 Å². The SMILES string of the molecule is Cc1nn(CC(=O)OCc2cccc(Br)c2)c(C)c1[N+](=O)[O-]. The van der Waals surface area contributed by atoms with Crippen LogP contribution in [0.3, 0.4) is 0 Å². The van der Waals surface area contributed by atoms with Crippen LogP contribution in [-0.2, 0) is 22.7 Å². The van der Waals surface area contributed by atoms with E-state index in [0.717, 1.165) is 10.0 Å². The van der Waals surface area contributed by atoms with Crippen LogP contribution in [0.2, 0.25) is 0 Å². The van der Waals surface area contributed by atoms with Crippen molar-refractivity contribution in [1.82, 2.24) is 9.78 Å². The minimum atomic E-state index is -0.500. The van der Waals surface area contributed by atoms with Gasteiger partial charge in [-0.2, -0.15) is 5.10 Å². The number of ether oxygens (including phenoxy) is 1. The van der Waals surface area contributed by atoms with E-state index in [1.54, 1.807) is 6.92 Å². The summed E-state index contributed by atoms with van der Waals surface area (Å²) >= 11 is 3.34. The third kappa shape index (κ3) is 3.70. The number of nitro groups is 1. The van der Waals surface area contributed by atoms with Gasteiger partial charge < -0.3 is 4.74 Å². The Morgan fingerprint density at radius 1 is 1.45 bits per heavy atom. The first-order valence-electron chi connectivity index (χ1n) is 6.47. The maximum absolute atomic E-state index is 11.8. The monoisotopic (exact) mass is 367 g/mol. The second-order valence-corrected chi connectivity index (χ2v) is 5.64. The first-order valence-corrected chi connectivity index (χ1v) is 7.26. The van der Waals surface area contributed by atoms with Crippen LogP contribution in [0.5, 0.6) is 0 Å². The lowest BCUT2D eigenvalue weighted by Gasteiger charge is -2.06. The average Bonchev–Trinajstić information content (AvgIpc) is 2.71. The fraction of sp³-hybridized carbons (Fsp3) is 0.286. The van der Waals surface area contributed by atoms with Gasteiger partial charge in [0.2, 0.25) is 0 Å². The summed E-state index contributed by atoms with van der Waals surface area (Å²) < 4.78 is 7.35. The Morgan fingerprint density at radius 2 is 2.18 bits per heavy atom. The van der Waals surface area contributed by atoms with Crippen LogP contribution in [0, 0.1) is 24.0 Å². The number of esters is 1. The Kier molecular flexibility index (Phi) is 4.92. The van der Waals surface area contributed by atoms with E-state index >= 15 is 0 Å². The first-order chi connectivity index (χ1) is 10.4. The zero-order chi connectivity index (χ0) is 16.3. The van der Waals surface area contributed by atoms with E-state index in [2.05, 4.69) is 21.0 Å². The van der Waals surface area contributed by atoms with Gasteiger partial charge in [-0.1, -0.05) is 28.1 Å². The standard InChI is InChI=1S/C14H14BrN3O4/c1-9-14(18(20)21)10(2)17(16-9)7-13(19)22-8-11-4-3-5-12(15)6-11/h3-6H,7-8H2,1-2H3. The molecule has 0 N–H and O–H groups in total. The number of carbonyl (C=O) groups is 1. The molecule has 0 spiro atoms. The number of halogens is 1. The van der Waals surface area contributed by atoms with Gasteiger partial charge in [0.25, 0.3) is 0 Å². The van der Waals surface area contributed by atoms with Gasteiger partial charge >= 0.3 is 11.7 Å². The molecule has 116 valence electrons. The lowest BCUT2D eigenvalue weighted by molar-refractivity contribution is -0.386. The molecule has 2 aromatic rings. The molecule has 1 aromatic carbocycles. The third-order valence-corrected chi connectivity index (χ3v) is 3.59. The highest BCUT2D eigenvalue weighted by Crippen LogP contribution is 2.21. The molecule has 7 nitrogen and oxygen atoms in total. The minimum absolute atomic E-state index is 0.0696. The highest BCUT2D eigenvalue weighted by molar-refractivity contribution is 9.10. The maximum atomic E-state index is 11.8. The average molecular weight is 368 g/mol. The van der Waals surface area contributed by atoms with Crippen LogP contribution in [0.4, 0.5) is 5.69 Å². The Hall–Kier alpha value is -2.22. The van der Waals surface area contributed by atoms with Gasteiger partial charge in [0.05, 0.1) is 4.92 Å². The van der Waals surface area contributed by atoms with Crippen molar-refractivity contribution in [1.29, 1.82) is 0 Å². The second kappa shape index (κ2) is 6.69. The van der Waals surface area contributed by atoms with Crippen molar-refractivity contribution < 1.29 is 14.5 Å². The summed E-state index contributed by atoms with van der Waals surface area (Å²) in [6.07, 6.45) is 0. The zero-order valence-electron chi connectivity index (χ0n) is 12.1. The molecule has 0 saturated heterocycles. The summed E-state index contributed by atoms with van der Waals surface area (Å²) in [5, 5.41) is 14.9. The molecule has 0 bridgehead atoms. The van der Waals surface area contributed by atoms with Gasteiger partial charge in [0.1, 0.15) is 24.5 Å². The Balaban J connectivity index is 2.01. The van der Waals surface area contributed by atoms with E-state index in [4.69, 9.17) is 4.74 Å². The van der Waals surface area contributed by atoms with E-state index in [1.165, 1.54) is 11.6 Å². The number of benzene rings is 1. The lowest BCUT2D eigenvalue weighted by atomic mass is 10.2. The Morgan fingerprint density at radius 3 is 2.77 bits per heavy atom. The number of nitrogens with zero attached hydrogens (tertiary/aromatic N) is 3. The molecule has 0 radical (unpaired) electrons. The van der Waals surface area contributed by atoms with Crippen molar-refractivity contribution in [3.63, 3.8) is 0 Å². The fourth-order valence-corrected chi connectivity index (χ4v) is 2.51. The van der Waals surface area contributed by atoms with Crippen molar-refractivity contribution in [3.8, 4) is 0 Å². The smallest absolute Gasteiger partial charge is 0.328 e. The third-order valence-electron chi connectivity index (χ3n) is 3.09. The van der Waals surface area contributed by atoms with Crippen LogP contribution >= 0.6 is 15.9 Å². The molecule has 0 aliphatic carbocycles. The minimum Gasteiger partial charge on any atom is -0.459 e. The number of hydrogen-bond donors (Lipinski definition) is 0.